The normalized spacial score (nSPS) is 31.3. The molecule has 1 N–H and O–H groups in total. The maximum absolute atomic E-state index is 5.54. The second kappa shape index (κ2) is 8.23. The molecule has 112 valence electrons. The monoisotopic (exact) mass is 268 g/mol. The lowest BCUT2D eigenvalue weighted by molar-refractivity contribution is 0.163. The molecule has 0 aromatic rings. The van der Waals surface area contributed by atoms with Crippen LogP contribution in [0.5, 0.6) is 0 Å². The Bertz CT molecular complexity index is 241. The van der Waals surface area contributed by atoms with E-state index >= 15 is 0 Å². The van der Waals surface area contributed by atoms with Gasteiger partial charge < -0.3 is 15.0 Å². The van der Waals surface area contributed by atoms with Crippen LogP contribution in [0.3, 0.4) is 0 Å². The van der Waals surface area contributed by atoms with E-state index in [-0.39, 0.29) is 0 Å². The first-order chi connectivity index (χ1) is 9.33. The Morgan fingerprint density at radius 3 is 2.84 bits per heavy atom. The zero-order valence-corrected chi connectivity index (χ0v) is 12.9. The van der Waals surface area contributed by atoms with Crippen molar-refractivity contribution in [2.75, 3.05) is 39.9 Å². The molecule has 0 spiro atoms. The highest BCUT2D eigenvalue weighted by atomic mass is 16.5. The van der Waals surface area contributed by atoms with Gasteiger partial charge in [-0.25, -0.2) is 0 Å². The second-order valence-corrected chi connectivity index (χ2v) is 6.41. The summed E-state index contributed by atoms with van der Waals surface area (Å²) in [6.07, 6.45) is 8.26. The largest absolute Gasteiger partial charge is 0.381 e. The van der Waals surface area contributed by atoms with Crippen LogP contribution in [-0.4, -0.2) is 50.8 Å². The van der Waals surface area contributed by atoms with Gasteiger partial charge in [0.25, 0.3) is 0 Å². The molecule has 0 aliphatic carbocycles. The van der Waals surface area contributed by atoms with Gasteiger partial charge in [0, 0.05) is 25.1 Å². The number of likely N-dealkylation sites (tertiary alicyclic amines) is 1. The Morgan fingerprint density at radius 2 is 2.16 bits per heavy atom. The Balaban J connectivity index is 1.77. The summed E-state index contributed by atoms with van der Waals surface area (Å²) in [5.74, 6) is 1.71. The molecule has 3 heteroatoms. The topological polar surface area (TPSA) is 24.5 Å². The third kappa shape index (κ3) is 4.73. The second-order valence-electron chi connectivity index (χ2n) is 6.41. The molecular weight excluding hydrogens is 236 g/mol. The minimum Gasteiger partial charge on any atom is -0.381 e. The first-order valence-electron chi connectivity index (χ1n) is 8.30. The van der Waals surface area contributed by atoms with Crippen LogP contribution in [0.1, 0.15) is 45.4 Å². The third-order valence-electron chi connectivity index (χ3n) is 5.00. The van der Waals surface area contributed by atoms with Gasteiger partial charge in [-0.05, 0) is 51.7 Å². The van der Waals surface area contributed by atoms with E-state index in [1.807, 2.05) is 0 Å². The van der Waals surface area contributed by atoms with Crippen molar-refractivity contribution in [3.8, 4) is 0 Å². The van der Waals surface area contributed by atoms with E-state index in [0.717, 1.165) is 25.0 Å². The van der Waals surface area contributed by atoms with Gasteiger partial charge in [-0.3, -0.25) is 0 Å². The average Bonchev–Trinajstić information content (AvgIpc) is 2.86. The minimum absolute atomic E-state index is 0.616. The standard InChI is InChI=1S/C16H32N2O/c1-3-5-14-6-4-9-18(10-7-14)12-16(17-2)15-8-11-19-13-15/h14-17H,3-13H2,1-2H3. The summed E-state index contributed by atoms with van der Waals surface area (Å²) in [5.41, 5.74) is 0. The highest BCUT2D eigenvalue weighted by Crippen LogP contribution is 2.23. The van der Waals surface area contributed by atoms with Crippen LogP contribution in [0.15, 0.2) is 0 Å². The number of rotatable bonds is 6. The van der Waals surface area contributed by atoms with Gasteiger partial charge >= 0.3 is 0 Å². The highest BCUT2D eigenvalue weighted by Gasteiger charge is 2.27. The van der Waals surface area contributed by atoms with Crippen molar-refractivity contribution < 1.29 is 4.74 Å². The molecule has 0 amide bonds. The lowest BCUT2D eigenvalue weighted by atomic mass is 9.96. The van der Waals surface area contributed by atoms with Crippen LogP contribution in [0.2, 0.25) is 0 Å². The number of nitrogens with zero attached hydrogens (tertiary/aromatic N) is 1. The van der Waals surface area contributed by atoms with E-state index in [9.17, 15) is 0 Å². The van der Waals surface area contributed by atoms with Crippen LogP contribution in [0.4, 0.5) is 0 Å². The number of ether oxygens (including phenoxy) is 1. The van der Waals surface area contributed by atoms with E-state index in [4.69, 9.17) is 4.74 Å². The van der Waals surface area contributed by atoms with Crippen LogP contribution in [0.25, 0.3) is 0 Å². The van der Waals surface area contributed by atoms with Crippen molar-refractivity contribution in [1.82, 2.24) is 10.2 Å². The zero-order chi connectivity index (χ0) is 13.5. The highest BCUT2D eigenvalue weighted by molar-refractivity contribution is 4.82. The zero-order valence-electron chi connectivity index (χ0n) is 12.9. The first kappa shape index (κ1) is 15.3. The van der Waals surface area contributed by atoms with Gasteiger partial charge in [-0.15, -0.1) is 0 Å². The predicted octanol–water partition coefficient (Wildman–Crippen LogP) is 2.51. The fourth-order valence-electron chi connectivity index (χ4n) is 3.73. The number of hydrogen-bond donors (Lipinski definition) is 1. The number of hydrogen-bond acceptors (Lipinski definition) is 3. The molecule has 2 aliphatic rings. The van der Waals surface area contributed by atoms with E-state index in [1.165, 1.54) is 58.2 Å². The van der Waals surface area contributed by atoms with E-state index in [2.05, 4.69) is 24.2 Å². The fourth-order valence-corrected chi connectivity index (χ4v) is 3.73. The summed E-state index contributed by atoms with van der Waals surface area (Å²) in [7, 11) is 2.11. The predicted molar refractivity (Wildman–Crippen MR) is 80.5 cm³/mol. The van der Waals surface area contributed by atoms with Gasteiger partial charge in [-0.2, -0.15) is 0 Å². The minimum atomic E-state index is 0.616. The van der Waals surface area contributed by atoms with Crippen molar-refractivity contribution in [3.63, 3.8) is 0 Å². The van der Waals surface area contributed by atoms with Gasteiger partial charge in [0.05, 0.1) is 6.61 Å². The number of nitrogens with one attached hydrogen (secondary N) is 1. The van der Waals surface area contributed by atoms with Crippen molar-refractivity contribution in [2.24, 2.45) is 11.8 Å². The van der Waals surface area contributed by atoms with Crippen LogP contribution in [-0.2, 0) is 4.74 Å². The summed E-state index contributed by atoms with van der Waals surface area (Å²) in [6, 6.07) is 0.616. The van der Waals surface area contributed by atoms with Gasteiger partial charge in [0.15, 0.2) is 0 Å². The first-order valence-corrected chi connectivity index (χ1v) is 8.30. The van der Waals surface area contributed by atoms with Crippen LogP contribution in [0, 0.1) is 11.8 Å². The molecule has 0 saturated carbocycles. The molecular formula is C16H32N2O. The quantitative estimate of drug-likeness (QED) is 0.801. The molecule has 0 aromatic heterocycles. The SMILES string of the molecule is CCCC1CCCN(CC(NC)C2CCOC2)CC1. The number of likely N-dealkylation sites (N-methyl/N-ethyl adjacent to an activating group) is 1. The van der Waals surface area contributed by atoms with Crippen molar-refractivity contribution in [3.05, 3.63) is 0 Å². The molecule has 2 saturated heterocycles. The molecule has 0 aromatic carbocycles. The summed E-state index contributed by atoms with van der Waals surface area (Å²) in [6.45, 7) is 8.05. The van der Waals surface area contributed by atoms with E-state index < -0.39 is 0 Å². The summed E-state index contributed by atoms with van der Waals surface area (Å²) in [5, 5.41) is 3.53. The fraction of sp³-hybridized carbons (Fsp3) is 1.00. The summed E-state index contributed by atoms with van der Waals surface area (Å²) >= 11 is 0. The van der Waals surface area contributed by atoms with E-state index in [1.54, 1.807) is 0 Å². The molecule has 3 unspecified atom stereocenters. The molecule has 0 radical (unpaired) electrons. The molecule has 3 nitrogen and oxygen atoms in total. The Morgan fingerprint density at radius 1 is 1.26 bits per heavy atom. The molecule has 2 fully saturated rings. The van der Waals surface area contributed by atoms with Gasteiger partial charge in [0.2, 0.25) is 0 Å². The lowest BCUT2D eigenvalue weighted by Gasteiger charge is -2.29. The van der Waals surface area contributed by atoms with Gasteiger partial charge in [0.1, 0.15) is 0 Å². The van der Waals surface area contributed by atoms with Crippen molar-refractivity contribution in [2.45, 2.75) is 51.5 Å². The molecule has 2 rings (SSSR count). The Labute approximate surface area is 119 Å². The van der Waals surface area contributed by atoms with Crippen LogP contribution >= 0.6 is 0 Å². The molecule has 19 heavy (non-hydrogen) atoms. The van der Waals surface area contributed by atoms with Crippen LogP contribution < -0.4 is 5.32 Å². The summed E-state index contributed by atoms with van der Waals surface area (Å²) in [4.78, 5) is 2.69. The Kier molecular flexibility index (Phi) is 6.62. The smallest absolute Gasteiger partial charge is 0.0510 e. The third-order valence-corrected chi connectivity index (χ3v) is 5.00. The molecule has 2 heterocycles. The van der Waals surface area contributed by atoms with Crippen molar-refractivity contribution in [1.29, 1.82) is 0 Å². The maximum Gasteiger partial charge on any atom is 0.0510 e. The molecule has 0 bridgehead atoms. The lowest BCUT2D eigenvalue weighted by Crippen LogP contribution is -2.44. The molecule has 3 atom stereocenters. The maximum atomic E-state index is 5.54. The van der Waals surface area contributed by atoms with Crippen molar-refractivity contribution >= 4 is 0 Å². The van der Waals surface area contributed by atoms with Gasteiger partial charge in [-0.1, -0.05) is 19.8 Å². The average molecular weight is 268 g/mol. The van der Waals surface area contributed by atoms with E-state index in [0.29, 0.717) is 6.04 Å². The summed E-state index contributed by atoms with van der Waals surface area (Å²) < 4.78 is 5.54. The Hall–Kier alpha value is -0.120. The molecule has 2 aliphatic heterocycles.